The molecule has 0 amide bonds. The van der Waals surface area contributed by atoms with Crippen molar-refractivity contribution in [2.24, 2.45) is 5.92 Å². The molecular weight excluding hydrogens is 312 g/mol. The van der Waals surface area contributed by atoms with Gasteiger partial charge in [0, 0.05) is 0 Å². The van der Waals surface area contributed by atoms with Crippen molar-refractivity contribution in [2.45, 2.75) is 24.3 Å². The summed E-state index contributed by atoms with van der Waals surface area (Å²) in [5, 5.41) is 8.38. The van der Waals surface area contributed by atoms with Crippen molar-refractivity contribution in [3.63, 3.8) is 0 Å². The fourth-order valence-corrected chi connectivity index (χ4v) is 2.80. The van der Waals surface area contributed by atoms with Gasteiger partial charge in [0.25, 0.3) is 5.22 Å². The molecule has 0 fully saturated rings. The maximum atomic E-state index is 11.7. The van der Waals surface area contributed by atoms with Crippen LogP contribution in [0.4, 0.5) is 0 Å². The Morgan fingerprint density at radius 1 is 1.33 bits per heavy atom. The summed E-state index contributed by atoms with van der Waals surface area (Å²) in [4.78, 5) is 11.7. The van der Waals surface area contributed by atoms with Crippen molar-refractivity contribution in [3.05, 3.63) is 29.3 Å². The van der Waals surface area contributed by atoms with Crippen molar-refractivity contribution >= 4 is 29.3 Å². The van der Waals surface area contributed by atoms with E-state index in [9.17, 15) is 4.79 Å². The SMILES string of the molecule is COC(=O)C(Sc1nnc(-c2ccccc2Cl)o1)C(C)C. The highest BCUT2D eigenvalue weighted by atomic mass is 35.5. The van der Waals surface area contributed by atoms with Crippen LogP contribution in [0.25, 0.3) is 11.5 Å². The molecule has 0 spiro atoms. The van der Waals surface area contributed by atoms with E-state index in [1.807, 2.05) is 26.0 Å². The number of carbonyl (C=O) groups excluding carboxylic acids is 1. The zero-order chi connectivity index (χ0) is 15.4. The van der Waals surface area contributed by atoms with E-state index in [2.05, 4.69) is 10.2 Å². The molecule has 1 heterocycles. The summed E-state index contributed by atoms with van der Waals surface area (Å²) in [5.41, 5.74) is 0.665. The molecule has 0 saturated heterocycles. The first-order chi connectivity index (χ1) is 10.0. The van der Waals surface area contributed by atoms with Crippen LogP contribution >= 0.6 is 23.4 Å². The topological polar surface area (TPSA) is 65.2 Å². The van der Waals surface area contributed by atoms with E-state index >= 15 is 0 Å². The van der Waals surface area contributed by atoms with E-state index < -0.39 is 5.25 Å². The zero-order valence-corrected chi connectivity index (χ0v) is 13.4. The first-order valence-electron chi connectivity index (χ1n) is 6.35. The molecule has 2 rings (SSSR count). The van der Waals surface area contributed by atoms with Gasteiger partial charge >= 0.3 is 5.97 Å². The number of hydrogen-bond donors (Lipinski definition) is 0. The number of hydrogen-bond acceptors (Lipinski definition) is 6. The highest BCUT2D eigenvalue weighted by molar-refractivity contribution is 8.00. The predicted molar refractivity (Wildman–Crippen MR) is 81.2 cm³/mol. The molecule has 2 aromatic rings. The van der Waals surface area contributed by atoms with Gasteiger partial charge in [0.15, 0.2) is 0 Å². The molecule has 5 nitrogen and oxygen atoms in total. The second-order valence-corrected chi connectivity index (χ2v) is 6.16. The van der Waals surface area contributed by atoms with E-state index in [1.54, 1.807) is 12.1 Å². The third-order valence-corrected chi connectivity index (χ3v) is 4.46. The van der Waals surface area contributed by atoms with Crippen molar-refractivity contribution in [3.8, 4) is 11.5 Å². The molecule has 0 saturated carbocycles. The lowest BCUT2D eigenvalue weighted by Gasteiger charge is -2.15. The number of halogens is 1. The third kappa shape index (κ3) is 3.77. The molecule has 0 bridgehead atoms. The summed E-state index contributed by atoms with van der Waals surface area (Å²) >= 11 is 7.28. The number of benzene rings is 1. The van der Waals surface area contributed by atoms with E-state index in [1.165, 1.54) is 18.9 Å². The fraction of sp³-hybridized carbons (Fsp3) is 0.357. The summed E-state index contributed by atoms with van der Waals surface area (Å²) in [6.07, 6.45) is 0. The van der Waals surface area contributed by atoms with Gasteiger partial charge in [0.05, 0.1) is 17.7 Å². The minimum Gasteiger partial charge on any atom is -0.468 e. The second kappa shape index (κ2) is 6.95. The van der Waals surface area contributed by atoms with Crippen LogP contribution in [-0.2, 0) is 9.53 Å². The van der Waals surface area contributed by atoms with Crippen LogP contribution in [0.2, 0.25) is 5.02 Å². The third-order valence-electron chi connectivity index (χ3n) is 2.78. The lowest BCUT2D eigenvalue weighted by molar-refractivity contribution is -0.140. The minimum atomic E-state index is -0.394. The standard InChI is InChI=1S/C14H15ClN2O3S/c1-8(2)11(13(18)19-3)21-14-17-16-12(20-14)9-6-4-5-7-10(9)15/h4-8,11H,1-3H3. The smallest absolute Gasteiger partial charge is 0.319 e. The van der Waals surface area contributed by atoms with Crippen LogP contribution in [0.5, 0.6) is 0 Å². The normalized spacial score (nSPS) is 12.4. The number of aromatic nitrogens is 2. The Balaban J connectivity index is 2.20. The molecule has 21 heavy (non-hydrogen) atoms. The van der Waals surface area contributed by atoms with Gasteiger partial charge in [-0.15, -0.1) is 10.2 Å². The first-order valence-corrected chi connectivity index (χ1v) is 7.61. The molecule has 0 radical (unpaired) electrons. The van der Waals surface area contributed by atoms with Gasteiger partial charge in [-0.25, -0.2) is 0 Å². The van der Waals surface area contributed by atoms with Crippen LogP contribution < -0.4 is 0 Å². The fourth-order valence-electron chi connectivity index (χ4n) is 1.68. The number of nitrogens with zero attached hydrogens (tertiary/aromatic N) is 2. The summed E-state index contributed by atoms with van der Waals surface area (Å²) in [6, 6.07) is 7.21. The Hall–Kier alpha value is -1.53. The van der Waals surface area contributed by atoms with Gasteiger partial charge in [-0.2, -0.15) is 0 Å². The molecule has 0 aliphatic heterocycles. The van der Waals surface area contributed by atoms with Gasteiger partial charge in [0.2, 0.25) is 5.89 Å². The molecule has 1 unspecified atom stereocenters. The number of esters is 1. The zero-order valence-electron chi connectivity index (χ0n) is 11.9. The number of methoxy groups -OCH3 is 1. The Morgan fingerprint density at radius 3 is 2.67 bits per heavy atom. The lowest BCUT2D eigenvalue weighted by atomic mass is 10.1. The average molecular weight is 327 g/mol. The summed E-state index contributed by atoms with van der Waals surface area (Å²) in [5.74, 6) is 0.0982. The van der Waals surface area contributed by atoms with Crippen LogP contribution in [0.3, 0.4) is 0 Å². The molecule has 0 aliphatic carbocycles. The van der Waals surface area contributed by atoms with Gasteiger partial charge < -0.3 is 9.15 Å². The Bertz CT molecular complexity index is 630. The second-order valence-electron chi connectivity index (χ2n) is 4.66. The lowest BCUT2D eigenvalue weighted by Crippen LogP contribution is -2.24. The molecule has 0 N–H and O–H groups in total. The highest BCUT2D eigenvalue weighted by Gasteiger charge is 2.27. The Labute approximate surface area is 132 Å². The quantitative estimate of drug-likeness (QED) is 0.617. The molecular formula is C14H15ClN2O3S. The minimum absolute atomic E-state index is 0.0816. The van der Waals surface area contributed by atoms with Crippen molar-refractivity contribution in [1.29, 1.82) is 0 Å². The maximum Gasteiger partial charge on any atom is 0.319 e. The van der Waals surface area contributed by atoms with E-state index in [4.69, 9.17) is 20.8 Å². The Morgan fingerprint density at radius 2 is 2.05 bits per heavy atom. The molecule has 1 aromatic heterocycles. The summed E-state index contributed by atoms with van der Waals surface area (Å²) in [7, 11) is 1.36. The first kappa shape index (κ1) is 15.9. The summed E-state index contributed by atoms with van der Waals surface area (Å²) < 4.78 is 10.4. The largest absolute Gasteiger partial charge is 0.468 e. The average Bonchev–Trinajstić information content (AvgIpc) is 2.92. The summed E-state index contributed by atoms with van der Waals surface area (Å²) in [6.45, 7) is 3.86. The van der Waals surface area contributed by atoms with Gasteiger partial charge in [-0.1, -0.05) is 37.6 Å². The van der Waals surface area contributed by atoms with Crippen molar-refractivity contribution < 1.29 is 13.9 Å². The number of carbonyl (C=O) groups is 1. The molecule has 1 aromatic carbocycles. The van der Waals surface area contributed by atoms with Crippen molar-refractivity contribution in [1.82, 2.24) is 10.2 Å². The maximum absolute atomic E-state index is 11.7. The number of ether oxygens (including phenoxy) is 1. The monoisotopic (exact) mass is 326 g/mol. The molecule has 7 heteroatoms. The van der Waals surface area contributed by atoms with E-state index in [0.29, 0.717) is 21.7 Å². The molecule has 0 aliphatic rings. The molecule has 1 atom stereocenters. The van der Waals surface area contributed by atoms with Gasteiger partial charge in [0.1, 0.15) is 5.25 Å². The van der Waals surface area contributed by atoms with Crippen molar-refractivity contribution in [2.75, 3.05) is 7.11 Å². The number of rotatable bonds is 5. The number of thioether (sulfide) groups is 1. The van der Waals surface area contributed by atoms with Crippen LogP contribution in [0, 0.1) is 5.92 Å². The highest BCUT2D eigenvalue weighted by Crippen LogP contribution is 2.32. The predicted octanol–water partition coefficient (Wildman–Crippen LogP) is 3.68. The molecule has 112 valence electrons. The van der Waals surface area contributed by atoms with E-state index in [-0.39, 0.29) is 11.9 Å². The van der Waals surface area contributed by atoms with Crippen LogP contribution in [-0.4, -0.2) is 28.5 Å². The Kier molecular flexibility index (Phi) is 5.25. The van der Waals surface area contributed by atoms with Crippen LogP contribution in [0.15, 0.2) is 33.9 Å². The van der Waals surface area contributed by atoms with Gasteiger partial charge in [-0.3, -0.25) is 4.79 Å². The van der Waals surface area contributed by atoms with Crippen LogP contribution in [0.1, 0.15) is 13.8 Å². The van der Waals surface area contributed by atoms with Gasteiger partial charge in [-0.05, 0) is 29.8 Å². The van der Waals surface area contributed by atoms with E-state index in [0.717, 1.165) is 0 Å².